The van der Waals surface area contributed by atoms with Crippen molar-refractivity contribution >= 4 is 40.9 Å². The number of imidazole rings is 1. The number of H-pyrrole nitrogens is 1. The summed E-state index contributed by atoms with van der Waals surface area (Å²) in [6, 6.07) is 12.7. The largest absolute Gasteiger partial charge is 0.479 e. The van der Waals surface area contributed by atoms with Crippen LogP contribution in [0.5, 0.6) is 0 Å². The van der Waals surface area contributed by atoms with Crippen molar-refractivity contribution in [2.24, 2.45) is 5.73 Å². The number of esters is 1. The van der Waals surface area contributed by atoms with Gasteiger partial charge in [-0.25, -0.2) is 19.4 Å². The number of carbonyl (C=O) groups excluding carboxylic acids is 4. The number of para-hydroxylation sites is 2. The standard InChI is InChI=1S/C29H36N6O8/c1-3-5-14-43-28(41)34-29(18-30,26(38)39)25(37)20-12-10-19(11-13-20)16-35(27(40)31-15-24(36)42-4-2)17-23-32-21-8-6-7-9-22(21)33-23/h6-13H,3-5,14-18,30H2,1-2H3,(H,31,40)(H,32,33)(H,34,41)(H,38,39). The number of nitrogens with zero attached hydrogens (tertiary/aromatic N) is 2. The summed E-state index contributed by atoms with van der Waals surface area (Å²) in [6.07, 6.45) is 0.253. The Labute approximate surface area is 247 Å². The van der Waals surface area contributed by atoms with Crippen LogP contribution in [0.2, 0.25) is 0 Å². The van der Waals surface area contributed by atoms with Gasteiger partial charge in [0.15, 0.2) is 0 Å². The number of aromatic amines is 1. The first-order valence-electron chi connectivity index (χ1n) is 13.8. The molecule has 230 valence electrons. The van der Waals surface area contributed by atoms with Crippen LogP contribution in [-0.4, -0.2) is 81.7 Å². The molecule has 0 aliphatic rings. The maximum atomic E-state index is 13.3. The van der Waals surface area contributed by atoms with Crippen molar-refractivity contribution < 1.29 is 38.6 Å². The summed E-state index contributed by atoms with van der Waals surface area (Å²) in [4.78, 5) is 71.6. The molecule has 3 rings (SSSR count). The number of amides is 3. The molecule has 0 saturated carbocycles. The van der Waals surface area contributed by atoms with Crippen molar-refractivity contribution in [1.29, 1.82) is 0 Å². The smallest absolute Gasteiger partial charge is 0.408 e. The van der Waals surface area contributed by atoms with Gasteiger partial charge in [-0.15, -0.1) is 0 Å². The minimum atomic E-state index is -2.44. The van der Waals surface area contributed by atoms with Crippen LogP contribution in [-0.2, 0) is 32.2 Å². The van der Waals surface area contributed by atoms with Gasteiger partial charge in [0.05, 0.1) is 30.8 Å². The molecule has 1 unspecified atom stereocenters. The van der Waals surface area contributed by atoms with Crippen molar-refractivity contribution in [3.63, 3.8) is 0 Å². The van der Waals surface area contributed by atoms with Crippen molar-refractivity contribution in [3.8, 4) is 0 Å². The molecular weight excluding hydrogens is 560 g/mol. The third kappa shape index (κ3) is 8.52. The zero-order chi connectivity index (χ0) is 31.4. The predicted molar refractivity (Wildman–Crippen MR) is 155 cm³/mol. The minimum absolute atomic E-state index is 0.0268. The van der Waals surface area contributed by atoms with Gasteiger partial charge >= 0.3 is 24.1 Å². The highest BCUT2D eigenvalue weighted by molar-refractivity contribution is 6.17. The molecule has 1 aromatic heterocycles. The fourth-order valence-corrected chi connectivity index (χ4v) is 4.12. The van der Waals surface area contributed by atoms with Gasteiger partial charge in [0.2, 0.25) is 11.3 Å². The second kappa shape index (κ2) is 15.3. The molecule has 1 heterocycles. The van der Waals surface area contributed by atoms with E-state index >= 15 is 0 Å². The number of aliphatic carboxylic acids is 1. The summed E-state index contributed by atoms with van der Waals surface area (Å²) in [6.45, 7) is 2.84. The number of aromatic nitrogens is 2. The molecule has 14 nitrogen and oxygen atoms in total. The van der Waals surface area contributed by atoms with E-state index in [0.29, 0.717) is 17.8 Å². The van der Waals surface area contributed by atoms with Gasteiger partial charge in [0, 0.05) is 18.7 Å². The second-order valence-electron chi connectivity index (χ2n) is 9.58. The van der Waals surface area contributed by atoms with Crippen LogP contribution < -0.4 is 16.4 Å². The number of urea groups is 1. The Balaban J connectivity index is 1.80. The average Bonchev–Trinajstić information content (AvgIpc) is 3.41. The molecule has 6 N–H and O–H groups in total. The Morgan fingerprint density at radius 3 is 2.37 bits per heavy atom. The van der Waals surface area contributed by atoms with E-state index in [0.717, 1.165) is 17.5 Å². The number of ketones is 1. The predicted octanol–water partition coefficient (Wildman–Crippen LogP) is 2.33. The van der Waals surface area contributed by atoms with Crippen LogP contribution in [0, 0.1) is 0 Å². The zero-order valence-electron chi connectivity index (χ0n) is 24.1. The van der Waals surface area contributed by atoms with Gasteiger partial charge in [-0.2, -0.15) is 0 Å². The Morgan fingerprint density at radius 2 is 1.74 bits per heavy atom. The van der Waals surface area contributed by atoms with Crippen LogP contribution >= 0.6 is 0 Å². The number of nitrogens with two attached hydrogens (primary N) is 1. The summed E-state index contributed by atoms with van der Waals surface area (Å²) in [5.74, 6) is -2.66. The molecule has 0 fully saturated rings. The highest BCUT2D eigenvalue weighted by atomic mass is 16.5. The maximum absolute atomic E-state index is 13.3. The van der Waals surface area contributed by atoms with Crippen LogP contribution in [0.1, 0.15) is 48.4 Å². The highest BCUT2D eigenvalue weighted by Crippen LogP contribution is 2.18. The molecule has 3 amide bonds. The first-order valence-corrected chi connectivity index (χ1v) is 13.8. The van der Waals surface area contributed by atoms with Crippen molar-refractivity contribution in [2.45, 2.75) is 45.3 Å². The van der Waals surface area contributed by atoms with Gasteiger partial charge in [-0.1, -0.05) is 49.7 Å². The van der Waals surface area contributed by atoms with Crippen LogP contribution in [0.4, 0.5) is 9.59 Å². The number of hydrogen-bond donors (Lipinski definition) is 5. The Bertz CT molecular complexity index is 1410. The topological polar surface area (TPSA) is 206 Å². The molecule has 1 atom stereocenters. The number of hydrogen-bond acceptors (Lipinski definition) is 9. The SMILES string of the molecule is CCCCOC(=O)NC(CN)(C(=O)O)C(=O)c1ccc(CN(Cc2nc3ccccc3[nH]2)C(=O)NCC(=O)OCC)cc1. The third-order valence-electron chi connectivity index (χ3n) is 6.45. The van der Waals surface area contributed by atoms with E-state index in [9.17, 15) is 29.1 Å². The van der Waals surface area contributed by atoms with Gasteiger partial charge < -0.3 is 35.5 Å². The Hall–Kier alpha value is -4.98. The quantitative estimate of drug-likeness (QED) is 0.0749. The monoisotopic (exact) mass is 596 g/mol. The maximum Gasteiger partial charge on any atom is 0.408 e. The third-order valence-corrected chi connectivity index (χ3v) is 6.45. The number of benzene rings is 2. The van der Waals surface area contributed by atoms with Crippen molar-refractivity contribution in [3.05, 3.63) is 65.5 Å². The number of carboxylic acids is 1. The van der Waals surface area contributed by atoms with E-state index in [-0.39, 0.29) is 38.4 Å². The van der Waals surface area contributed by atoms with Crippen LogP contribution in [0.25, 0.3) is 11.0 Å². The first-order chi connectivity index (χ1) is 20.6. The Kier molecular flexibility index (Phi) is 11.6. The van der Waals surface area contributed by atoms with Gasteiger partial charge in [0.1, 0.15) is 12.4 Å². The lowest BCUT2D eigenvalue weighted by atomic mass is 9.89. The number of carboxylic acid groups (broad SMARTS) is 1. The van der Waals surface area contributed by atoms with Crippen molar-refractivity contribution in [1.82, 2.24) is 25.5 Å². The molecular formula is C29H36N6O8. The van der Waals surface area contributed by atoms with Crippen LogP contribution in [0.15, 0.2) is 48.5 Å². The number of ether oxygens (including phenoxy) is 2. The number of rotatable bonds is 15. The molecule has 0 saturated heterocycles. The molecule has 2 aromatic carbocycles. The molecule has 0 spiro atoms. The van der Waals surface area contributed by atoms with Gasteiger partial charge in [-0.3, -0.25) is 14.9 Å². The number of nitrogens with one attached hydrogen (secondary N) is 3. The number of carbonyl (C=O) groups is 5. The van der Waals surface area contributed by atoms with Gasteiger partial charge in [-0.05, 0) is 31.0 Å². The number of unbranched alkanes of at least 4 members (excludes halogenated alkanes) is 1. The lowest BCUT2D eigenvalue weighted by Gasteiger charge is -2.27. The Morgan fingerprint density at radius 1 is 1.02 bits per heavy atom. The van der Waals surface area contributed by atoms with E-state index in [4.69, 9.17) is 15.2 Å². The van der Waals surface area contributed by atoms with E-state index in [1.54, 1.807) is 19.1 Å². The van der Waals surface area contributed by atoms with E-state index in [1.165, 1.54) is 17.0 Å². The summed E-state index contributed by atoms with van der Waals surface area (Å²) in [7, 11) is 0. The average molecular weight is 597 g/mol. The normalized spacial score (nSPS) is 12.2. The summed E-state index contributed by atoms with van der Waals surface area (Å²) < 4.78 is 9.85. The molecule has 43 heavy (non-hydrogen) atoms. The molecule has 0 radical (unpaired) electrons. The lowest BCUT2D eigenvalue weighted by molar-refractivity contribution is -0.142. The van der Waals surface area contributed by atoms with E-state index in [2.05, 4.69) is 20.6 Å². The van der Waals surface area contributed by atoms with E-state index < -0.39 is 41.9 Å². The number of alkyl carbamates (subject to hydrolysis) is 1. The molecule has 0 aliphatic carbocycles. The number of Topliss-reactive ketones (excluding diaryl/α,β-unsaturated/α-hetero) is 1. The first kappa shape index (κ1) is 32.5. The molecule has 3 aromatic rings. The van der Waals surface area contributed by atoms with Gasteiger partial charge in [0.25, 0.3) is 0 Å². The van der Waals surface area contributed by atoms with E-state index in [1.807, 2.05) is 31.2 Å². The minimum Gasteiger partial charge on any atom is -0.479 e. The molecule has 14 heteroatoms. The summed E-state index contributed by atoms with van der Waals surface area (Å²) in [5, 5.41) is 14.5. The fraction of sp³-hybridized carbons (Fsp3) is 0.379. The lowest BCUT2D eigenvalue weighted by Crippen LogP contribution is -2.64. The zero-order valence-corrected chi connectivity index (χ0v) is 24.1. The van der Waals surface area contributed by atoms with Crippen molar-refractivity contribution in [2.75, 3.05) is 26.3 Å². The summed E-state index contributed by atoms with van der Waals surface area (Å²) >= 11 is 0. The fourth-order valence-electron chi connectivity index (χ4n) is 4.12. The molecule has 0 aliphatic heterocycles. The second-order valence-corrected chi connectivity index (χ2v) is 9.58. The summed E-state index contributed by atoms with van der Waals surface area (Å²) in [5.41, 5.74) is 5.31. The molecule has 0 bridgehead atoms. The van der Waals surface area contributed by atoms with Crippen LogP contribution in [0.3, 0.4) is 0 Å². The highest BCUT2D eigenvalue weighted by Gasteiger charge is 2.47. The number of fused-ring (bicyclic) bond motifs is 1.